The van der Waals surface area contributed by atoms with Crippen molar-refractivity contribution in [3.8, 4) is 0 Å². The van der Waals surface area contributed by atoms with Gasteiger partial charge in [-0.15, -0.1) is 0 Å². The number of aryl methyl sites for hydroxylation is 1. The van der Waals surface area contributed by atoms with Crippen LogP contribution < -0.4 is 11.1 Å². The fourth-order valence-electron chi connectivity index (χ4n) is 3.33. The molecule has 2 heterocycles. The minimum atomic E-state index is -1.03. The van der Waals surface area contributed by atoms with E-state index in [1.165, 1.54) is 0 Å². The lowest BCUT2D eigenvalue weighted by Gasteiger charge is -2.34. The number of aromatic nitrogens is 2. The minimum Gasteiger partial charge on any atom is -0.368 e. The van der Waals surface area contributed by atoms with Crippen LogP contribution >= 0.6 is 0 Å². The first-order valence-electron chi connectivity index (χ1n) is 8.92. The number of rotatable bonds is 7. The van der Waals surface area contributed by atoms with Crippen molar-refractivity contribution in [2.24, 2.45) is 5.73 Å². The number of hydrogen-bond acceptors (Lipinski definition) is 4. The number of carbonyl (C=O) groups excluding carboxylic acids is 1. The topological polar surface area (TPSA) is 80.9 Å². The van der Waals surface area contributed by atoms with E-state index in [0.717, 1.165) is 27.8 Å². The monoisotopic (exact) mass is 360 g/mol. The number of nitrogens with zero attached hydrogens (tertiary/aromatic N) is 2. The summed E-state index contributed by atoms with van der Waals surface area (Å²) in [5.41, 5.74) is 10.1. The lowest BCUT2D eigenvalue weighted by molar-refractivity contribution is -0.125. The van der Waals surface area contributed by atoms with E-state index in [1.807, 2.05) is 56.3 Å². The highest BCUT2D eigenvalue weighted by atomic mass is 16.1. The number of nitrogens with two attached hydrogens (primary N) is 1. The molecule has 0 fully saturated rings. The predicted octanol–water partition coefficient (Wildman–Crippen LogP) is 2.81. The highest BCUT2D eigenvalue weighted by Crippen LogP contribution is 2.30. The van der Waals surface area contributed by atoms with Gasteiger partial charge in [0, 0.05) is 37.8 Å². The molecular weight excluding hydrogens is 336 g/mol. The number of amides is 1. The van der Waals surface area contributed by atoms with E-state index in [9.17, 15) is 4.79 Å². The summed E-state index contributed by atoms with van der Waals surface area (Å²) in [4.78, 5) is 21.0. The van der Waals surface area contributed by atoms with E-state index in [0.29, 0.717) is 13.0 Å². The third-order valence-electron chi connectivity index (χ3n) is 5.05. The van der Waals surface area contributed by atoms with Gasteiger partial charge in [0.25, 0.3) is 0 Å². The minimum absolute atomic E-state index is 0.401. The molecule has 1 atom stereocenters. The van der Waals surface area contributed by atoms with Crippen molar-refractivity contribution in [2.45, 2.75) is 32.4 Å². The van der Waals surface area contributed by atoms with Crippen molar-refractivity contribution < 1.29 is 4.79 Å². The second-order valence-electron chi connectivity index (χ2n) is 6.76. The summed E-state index contributed by atoms with van der Waals surface area (Å²) in [6, 6.07) is 13.7. The summed E-state index contributed by atoms with van der Waals surface area (Å²) in [5, 5.41) is 3.46. The molecule has 0 spiro atoms. The molecule has 138 valence electrons. The molecule has 0 aliphatic heterocycles. The van der Waals surface area contributed by atoms with Crippen molar-refractivity contribution in [2.75, 3.05) is 0 Å². The average molecular weight is 360 g/mol. The summed E-state index contributed by atoms with van der Waals surface area (Å²) in [5.74, 6) is -0.401. The normalized spacial score (nSPS) is 13.1. The van der Waals surface area contributed by atoms with Gasteiger partial charge in [-0.3, -0.25) is 20.1 Å². The van der Waals surface area contributed by atoms with Crippen molar-refractivity contribution in [1.82, 2.24) is 15.3 Å². The van der Waals surface area contributed by atoms with Gasteiger partial charge < -0.3 is 5.73 Å². The molecule has 27 heavy (non-hydrogen) atoms. The van der Waals surface area contributed by atoms with Gasteiger partial charge in [0.15, 0.2) is 0 Å². The second-order valence-corrected chi connectivity index (χ2v) is 6.76. The zero-order valence-electron chi connectivity index (χ0n) is 15.6. The molecule has 0 radical (unpaired) electrons. The Morgan fingerprint density at radius 2 is 1.56 bits per heavy atom. The average Bonchev–Trinajstić information content (AvgIpc) is 2.69. The summed E-state index contributed by atoms with van der Waals surface area (Å²) in [6.45, 7) is 4.58. The molecule has 5 nitrogen and oxygen atoms in total. The molecule has 0 bridgehead atoms. The molecule has 1 unspecified atom stereocenters. The molecule has 3 rings (SSSR count). The quantitative estimate of drug-likeness (QED) is 0.679. The Morgan fingerprint density at radius 3 is 2.15 bits per heavy atom. The van der Waals surface area contributed by atoms with E-state index >= 15 is 0 Å². The summed E-state index contributed by atoms with van der Waals surface area (Å²) in [6.07, 6.45) is 7.38. The number of nitrogens with one attached hydrogen (secondary N) is 1. The Kier molecular flexibility index (Phi) is 5.62. The van der Waals surface area contributed by atoms with Crippen LogP contribution in [0.2, 0.25) is 0 Å². The van der Waals surface area contributed by atoms with Crippen molar-refractivity contribution >= 4 is 5.91 Å². The molecule has 3 aromatic rings. The van der Waals surface area contributed by atoms with E-state index in [2.05, 4.69) is 15.3 Å². The Labute approximate surface area is 159 Å². The number of benzene rings is 1. The first kappa shape index (κ1) is 18.7. The summed E-state index contributed by atoms with van der Waals surface area (Å²) in [7, 11) is 0. The van der Waals surface area contributed by atoms with Gasteiger partial charge in [0.05, 0.1) is 0 Å². The zero-order chi connectivity index (χ0) is 19.3. The standard InChI is InChI=1S/C22H24N4O/c1-16-4-3-5-20(17(16)2)22(21(23)27,14-18-6-10-24-11-7-18)26-15-19-8-12-25-13-9-19/h3-13,26H,14-15H2,1-2H3,(H2,23,27). The molecule has 3 N–H and O–H groups in total. The van der Waals surface area contributed by atoms with Crippen LogP contribution in [0.25, 0.3) is 0 Å². The Balaban J connectivity index is 2.07. The van der Waals surface area contributed by atoms with E-state index in [1.54, 1.807) is 24.8 Å². The maximum absolute atomic E-state index is 12.8. The predicted molar refractivity (Wildman–Crippen MR) is 106 cm³/mol. The van der Waals surface area contributed by atoms with E-state index in [-0.39, 0.29) is 0 Å². The van der Waals surface area contributed by atoms with Gasteiger partial charge in [-0.2, -0.15) is 0 Å². The van der Waals surface area contributed by atoms with Crippen LogP contribution in [-0.4, -0.2) is 15.9 Å². The Morgan fingerprint density at radius 1 is 0.963 bits per heavy atom. The Hall–Kier alpha value is -3.05. The first-order chi connectivity index (χ1) is 13.0. The summed E-state index contributed by atoms with van der Waals surface area (Å²) < 4.78 is 0. The van der Waals surface area contributed by atoms with Crippen LogP contribution in [0.4, 0.5) is 0 Å². The molecule has 0 aliphatic rings. The molecule has 0 aliphatic carbocycles. The highest BCUT2D eigenvalue weighted by Gasteiger charge is 2.39. The third-order valence-corrected chi connectivity index (χ3v) is 5.05. The molecule has 0 saturated heterocycles. The molecule has 5 heteroatoms. The second kappa shape index (κ2) is 8.10. The van der Waals surface area contributed by atoms with Gasteiger partial charge in [0.1, 0.15) is 5.54 Å². The smallest absolute Gasteiger partial charge is 0.242 e. The zero-order valence-corrected chi connectivity index (χ0v) is 15.6. The third kappa shape index (κ3) is 4.04. The summed E-state index contributed by atoms with van der Waals surface area (Å²) >= 11 is 0. The van der Waals surface area contributed by atoms with Crippen molar-refractivity contribution in [1.29, 1.82) is 0 Å². The molecule has 1 aromatic carbocycles. The molecule has 0 saturated carbocycles. The first-order valence-corrected chi connectivity index (χ1v) is 8.92. The lowest BCUT2D eigenvalue weighted by atomic mass is 9.79. The number of pyridine rings is 2. The molecular formula is C22H24N4O. The Bertz CT molecular complexity index is 912. The van der Waals surface area contributed by atoms with Crippen LogP contribution in [0.15, 0.2) is 67.3 Å². The van der Waals surface area contributed by atoms with Crippen LogP contribution in [0.1, 0.15) is 27.8 Å². The maximum atomic E-state index is 12.8. The SMILES string of the molecule is Cc1cccc(C(Cc2ccncc2)(NCc2ccncc2)C(N)=O)c1C. The van der Waals surface area contributed by atoms with Crippen LogP contribution in [0.5, 0.6) is 0 Å². The molecule has 2 aromatic heterocycles. The van der Waals surface area contributed by atoms with Crippen LogP contribution in [-0.2, 0) is 23.3 Å². The highest BCUT2D eigenvalue weighted by molar-refractivity contribution is 5.87. The van der Waals surface area contributed by atoms with Gasteiger partial charge in [-0.25, -0.2) is 0 Å². The van der Waals surface area contributed by atoms with Crippen molar-refractivity contribution in [3.63, 3.8) is 0 Å². The van der Waals surface area contributed by atoms with Crippen LogP contribution in [0.3, 0.4) is 0 Å². The lowest BCUT2D eigenvalue weighted by Crippen LogP contribution is -2.54. The van der Waals surface area contributed by atoms with E-state index in [4.69, 9.17) is 5.73 Å². The van der Waals surface area contributed by atoms with Gasteiger partial charge in [-0.05, 0) is 65.9 Å². The van der Waals surface area contributed by atoms with E-state index < -0.39 is 11.4 Å². The molecule has 1 amide bonds. The van der Waals surface area contributed by atoms with Crippen molar-refractivity contribution in [3.05, 3.63) is 95.1 Å². The van der Waals surface area contributed by atoms with Gasteiger partial charge in [-0.1, -0.05) is 18.2 Å². The van der Waals surface area contributed by atoms with Gasteiger partial charge in [0.2, 0.25) is 5.91 Å². The maximum Gasteiger partial charge on any atom is 0.242 e. The fourth-order valence-corrected chi connectivity index (χ4v) is 3.33. The van der Waals surface area contributed by atoms with Gasteiger partial charge >= 0.3 is 0 Å². The fraction of sp³-hybridized carbons (Fsp3) is 0.227. The largest absolute Gasteiger partial charge is 0.368 e. The number of carbonyl (C=O) groups is 1. The number of hydrogen-bond donors (Lipinski definition) is 2. The number of primary amides is 1. The van der Waals surface area contributed by atoms with Crippen LogP contribution in [0, 0.1) is 13.8 Å².